The zero-order valence-electron chi connectivity index (χ0n) is 24.2. The van der Waals surface area contributed by atoms with Crippen molar-refractivity contribution in [3.8, 4) is 11.5 Å². The van der Waals surface area contributed by atoms with E-state index in [9.17, 15) is 14.3 Å². The third-order valence-corrected chi connectivity index (χ3v) is 8.58. The van der Waals surface area contributed by atoms with E-state index >= 15 is 0 Å². The van der Waals surface area contributed by atoms with Gasteiger partial charge >= 0.3 is 5.97 Å². The average molecular weight is 609 g/mol. The van der Waals surface area contributed by atoms with E-state index in [2.05, 4.69) is 37.6 Å². The van der Waals surface area contributed by atoms with Crippen molar-refractivity contribution in [3.05, 3.63) is 88.2 Å². The van der Waals surface area contributed by atoms with Gasteiger partial charge in [-0.2, -0.15) is 0 Å². The van der Waals surface area contributed by atoms with Crippen LogP contribution in [0, 0.1) is 5.82 Å². The number of ether oxygens (including phenoxy) is 2. The molecule has 1 unspecified atom stereocenters. The number of carboxylic acids is 1. The Hall–Kier alpha value is -3.96. The molecule has 10 nitrogen and oxygen atoms in total. The highest BCUT2D eigenvalue weighted by Crippen LogP contribution is 2.49. The van der Waals surface area contributed by atoms with Crippen LogP contribution in [0.15, 0.2) is 48.9 Å². The van der Waals surface area contributed by atoms with Gasteiger partial charge in [-0.15, -0.1) is 10.2 Å². The number of imidazole rings is 1. The molecule has 0 bridgehead atoms. The summed E-state index contributed by atoms with van der Waals surface area (Å²) < 4.78 is 31.4. The van der Waals surface area contributed by atoms with Crippen LogP contribution in [-0.4, -0.2) is 53.4 Å². The van der Waals surface area contributed by atoms with Crippen LogP contribution in [0.5, 0.6) is 11.5 Å². The minimum absolute atomic E-state index is 0.00649. The van der Waals surface area contributed by atoms with Crippen molar-refractivity contribution in [2.24, 2.45) is 0 Å². The molecule has 4 aromatic rings. The highest BCUT2D eigenvalue weighted by molar-refractivity contribution is 6.30. The molecule has 2 aromatic carbocycles. The molecule has 4 heterocycles. The molecule has 1 fully saturated rings. The third kappa shape index (κ3) is 5.96. The molecular weight excluding hydrogens is 575 g/mol. The summed E-state index contributed by atoms with van der Waals surface area (Å²) in [4.78, 5) is 17.9. The Morgan fingerprint density at radius 2 is 1.93 bits per heavy atom. The molecule has 6 rings (SSSR count). The van der Waals surface area contributed by atoms with Crippen molar-refractivity contribution in [1.82, 2.24) is 29.2 Å². The molecule has 1 atom stereocenters. The summed E-state index contributed by atoms with van der Waals surface area (Å²) in [5, 5.41) is 18.4. The van der Waals surface area contributed by atoms with E-state index in [-0.39, 0.29) is 12.3 Å². The first kappa shape index (κ1) is 29.1. The number of carbonyl (C=O) groups is 1. The number of rotatable bonds is 10. The van der Waals surface area contributed by atoms with E-state index in [0.717, 1.165) is 49.6 Å². The van der Waals surface area contributed by atoms with Gasteiger partial charge in [-0.1, -0.05) is 23.7 Å². The summed E-state index contributed by atoms with van der Waals surface area (Å²) in [7, 11) is 0. The van der Waals surface area contributed by atoms with Gasteiger partial charge in [0.1, 0.15) is 17.5 Å². The lowest BCUT2D eigenvalue weighted by molar-refractivity contribution is -0.137. The molecular formula is C31H34ClFN6O4. The summed E-state index contributed by atoms with van der Waals surface area (Å²) in [6.45, 7) is 7.38. The topological polar surface area (TPSA) is 108 Å². The fourth-order valence-electron chi connectivity index (χ4n) is 6.04. The van der Waals surface area contributed by atoms with Gasteiger partial charge in [-0.25, -0.2) is 9.37 Å². The first-order valence-corrected chi connectivity index (χ1v) is 14.9. The van der Waals surface area contributed by atoms with Gasteiger partial charge in [-0.3, -0.25) is 9.69 Å². The van der Waals surface area contributed by atoms with Crippen molar-refractivity contribution in [2.45, 2.75) is 70.9 Å². The van der Waals surface area contributed by atoms with Crippen molar-refractivity contribution < 1.29 is 23.8 Å². The van der Waals surface area contributed by atoms with Crippen LogP contribution in [0.2, 0.25) is 5.02 Å². The maximum atomic E-state index is 14.8. The molecule has 0 aliphatic carbocycles. The first-order chi connectivity index (χ1) is 20.7. The van der Waals surface area contributed by atoms with Gasteiger partial charge in [0.25, 0.3) is 5.79 Å². The lowest BCUT2D eigenvalue weighted by Crippen LogP contribution is -2.34. The summed E-state index contributed by atoms with van der Waals surface area (Å²) >= 11 is 5.97. The van der Waals surface area contributed by atoms with E-state index in [0.29, 0.717) is 47.4 Å². The average Bonchev–Trinajstić information content (AvgIpc) is 3.69. The zero-order chi connectivity index (χ0) is 30.1. The molecule has 2 aromatic heterocycles. The summed E-state index contributed by atoms with van der Waals surface area (Å²) in [6.07, 6.45) is 5.72. The number of benzene rings is 2. The second-order valence-corrected chi connectivity index (χ2v) is 11.6. The van der Waals surface area contributed by atoms with Crippen LogP contribution in [0.25, 0.3) is 0 Å². The fraction of sp³-hybridized carbons (Fsp3) is 0.419. The Balaban J connectivity index is 1.15. The largest absolute Gasteiger partial charge is 0.481 e. The number of likely N-dealkylation sites (tertiary alicyclic amines) is 1. The predicted octanol–water partition coefficient (Wildman–Crippen LogP) is 5.38. The molecule has 0 spiro atoms. The predicted molar refractivity (Wildman–Crippen MR) is 157 cm³/mol. The highest BCUT2D eigenvalue weighted by Gasteiger charge is 2.43. The van der Waals surface area contributed by atoms with Gasteiger partial charge in [-0.05, 0) is 63.0 Å². The van der Waals surface area contributed by atoms with Crippen LogP contribution < -0.4 is 9.47 Å². The minimum Gasteiger partial charge on any atom is -0.481 e. The number of hydrogen-bond donors (Lipinski definition) is 1. The van der Waals surface area contributed by atoms with Gasteiger partial charge in [0.2, 0.25) is 0 Å². The van der Waals surface area contributed by atoms with E-state index in [1.165, 1.54) is 6.07 Å². The molecule has 0 radical (unpaired) electrons. The maximum Gasteiger partial charge on any atom is 0.303 e. The van der Waals surface area contributed by atoms with E-state index in [1.807, 2.05) is 22.9 Å². The number of aliphatic carboxylic acids is 1. The quantitative estimate of drug-likeness (QED) is 0.256. The normalized spacial score (nSPS) is 18.8. The summed E-state index contributed by atoms with van der Waals surface area (Å²) in [5.74, 6) is 0.346. The first-order valence-electron chi connectivity index (χ1n) is 14.5. The number of aromatic nitrogens is 5. The Morgan fingerprint density at radius 3 is 2.67 bits per heavy atom. The number of carboxylic acid groups (broad SMARTS) is 1. The smallest absolute Gasteiger partial charge is 0.303 e. The van der Waals surface area contributed by atoms with E-state index in [4.69, 9.17) is 21.1 Å². The van der Waals surface area contributed by atoms with E-state index in [1.54, 1.807) is 25.4 Å². The zero-order valence-corrected chi connectivity index (χ0v) is 24.9. The van der Waals surface area contributed by atoms with Crippen molar-refractivity contribution in [1.29, 1.82) is 0 Å². The number of para-hydroxylation sites is 1. The molecule has 2 aliphatic heterocycles. The van der Waals surface area contributed by atoms with Gasteiger partial charge < -0.3 is 23.7 Å². The van der Waals surface area contributed by atoms with E-state index < -0.39 is 17.6 Å². The number of halogens is 2. The molecule has 2 aliphatic rings. The highest BCUT2D eigenvalue weighted by atomic mass is 35.5. The standard InChI is InChI=1S/C31H34ClFN6O4/c1-3-38-19-34-16-22(38)17-39-27(9-10-29(40)41)35-36-28(39)18-37-13-11-20(12-14-37)23-5-4-6-26-30(23)43-31(2,42-26)24-8-7-21(32)15-25(24)33/h4-8,15-16,19-20H,3,9-14,17-18H2,1-2H3,(H,40,41). The van der Waals surface area contributed by atoms with Crippen LogP contribution in [0.3, 0.4) is 0 Å². The minimum atomic E-state index is -1.29. The number of hydrogen-bond acceptors (Lipinski definition) is 7. The Kier molecular flexibility index (Phi) is 8.11. The van der Waals surface area contributed by atoms with Crippen molar-refractivity contribution in [3.63, 3.8) is 0 Å². The van der Waals surface area contributed by atoms with Gasteiger partial charge in [0.15, 0.2) is 11.5 Å². The molecule has 12 heteroatoms. The van der Waals surface area contributed by atoms with Crippen LogP contribution in [0.1, 0.15) is 67.5 Å². The second-order valence-electron chi connectivity index (χ2n) is 11.2. The monoisotopic (exact) mass is 608 g/mol. The molecule has 1 saturated heterocycles. The maximum absolute atomic E-state index is 14.8. The Labute approximate surface area is 254 Å². The third-order valence-electron chi connectivity index (χ3n) is 8.35. The Bertz CT molecular complexity index is 1630. The molecule has 43 heavy (non-hydrogen) atoms. The van der Waals surface area contributed by atoms with Crippen molar-refractivity contribution >= 4 is 17.6 Å². The molecule has 226 valence electrons. The number of fused-ring (bicyclic) bond motifs is 1. The summed E-state index contributed by atoms with van der Waals surface area (Å²) in [6, 6.07) is 10.4. The van der Waals surface area contributed by atoms with Crippen LogP contribution in [-0.2, 0) is 36.6 Å². The molecule has 1 N–H and O–H groups in total. The lowest BCUT2D eigenvalue weighted by Gasteiger charge is -2.32. The Morgan fingerprint density at radius 1 is 1.14 bits per heavy atom. The van der Waals surface area contributed by atoms with Crippen LogP contribution in [0.4, 0.5) is 4.39 Å². The van der Waals surface area contributed by atoms with Crippen molar-refractivity contribution in [2.75, 3.05) is 13.1 Å². The van der Waals surface area contributed by atoms with Crippen LogP contribution >= 0.6 is 11.6 Å². The second kappa shape index (κ2) is 12.0. The number of piperidine rings is 1. The fourth-order valence-corrected chi connectivity index (χ4v) is 6.20. The number of aryl methyl sites for hydroxylation is 2. The number of nitrogens with zero attached hydrogens (tertiary/aromatic N) is 6. The van der Waals surface area contributed by atoms with Gasteiger partial charge in [0, 0.05) is 36.7 Å². The molecule has 0 saturated carbocycles. The molecule has 0 amide bonds. The SMILES string of the molecule is CCn1cncc1Cn1c(CCC(=O)O)nnc1CN1CCC(c2cccc3c2OC(C)(c2ccc(Cl)cc2F)O3)CC1. The van der Waals surface area contributed by atoms with Gasteiger partial charge in [0.05, 0.1) is 37.1 Å². The summed E-state index contributed by atoms with van der Waals surface area (Å²) in [5.41, 5.74) is 2.37. The lowest BCUT2D eigenvalue weighted by atomic mass is 9.88.